The van der Waals surface area contributed by atoms with E-state index in [-0.39, 0.29) is 11.5 Å². The molecule has 0 aliphatic heterocycles. The van der Waals surface area contributed by atoms with E-state index < -0.39 is 10.8 Å². The summed E-state index contributed by atoms with van der Waals surface area (Å²) >= 11 is 1.12. The normalized spacial score (nSPS) is 11.4. The Bertz CT molecular complexity index is 873. The standard InChI is InChI=1S/C17H18N4O3S/c1-4-12-11(9-18)16(23)21-17(20-12)25-10(2)15(22)19-13-7-5-6-8-14(13)24-3/h5-8,10H,4H2,1-3H3,(H,19,22)(H,20,21,23)/t10-/m0/s1. The Morgan fingerprint density at radius 3 is 2.84 bits per heavy atom. The molecule has 0 bridgehead atoms. The average Bonchev–Trinajstić information content (AvgIpc) is 2.61. The maximum atomic E-state index is 12.4. The molecule has 0 fully saturated rings. The lowest BCUT2D eigenvalue weighted by Gasteiger charge is -2.14. The number of methoxy groups -OCH3 is 1. The summed E-state index contributed by atoms with van der Waals surface area (Å²) in [4.78, 5) is 31.1. The van der Waals surface area contributed by atoms with Crippen molar-refractivity contribution in [1.29, 1.82) is 5.26 Å². The fourth-order valence-electron chi connectivity index (χ4n) is 2.13. The zero-order valence-electron chi connectivity index (χ0n) is 14.1. The minimum Gasteiger partial charge on any atom is -0.495 e. The summed E-state index contributed by atoms with van der Waals surface area (Å²) < 4.78 is 5.20. The molecule has 1 aromatic carbocycles. The van der Waals surface area contributed by atoms with E-state index in [4.69, 9.17) is 10.00 Å². The Labute approximate surface area is 149 Å². The molecule has 0 aliphatic rings. The van der Waals surface area contributed by atoms with Crippen LogP contribution in [0.4, 0.5) is 5.69 Å². The highest BCUT2D eigenvalue weighted by atomic mass is 32.2. The second-order valence-corrected chi connectivity index (χ2v) is 6.44. The van der Waals surface area contributed by atoms with Gasteiger partial charge in [-0.05, 0) is 25.5 Å². The average molecular weight is 358 g/mol. The number of para-hydroxylation sites is 2. The summed E-state index contributed by atoms with van der Waals surface area (Å²) in [5.74, 6) is 0.311. The molecular weight excluding hydrogens is 340 g/mol. The van der Waals surface area contributed by atoms with Gasteiger partial charge in [-0.3, -0.25) is 9.59 Å². The van der Waals surface area contributed by atoms with E-state index in [0.717, 1.165) is 11.8 Å². The number of H-pyrrole nitrogens is 1. The van der Waals surface area contributed by atoms with Gasteiger partial charge in [0.25, 0.3) is 5.56 Å². The molecule has 0 spiro atoms. The molecule has 7 nitrogen and oxygen atoms in total. The van der Waals surface area contributed by atoms with Crippen molar-refractivity contribution in [3.8, 4) is 11.8 Å². The second kappa shape index (κ2) is 8.35. The molecule has 1 aromatic heterocycles. The number of amides is 1. The third kappa shape index (κ3) is 4.39. The third-order valence-electron chi connectivity index (χ3n) is 3.44. The minimum atomic E-state index is -0.509. The summed E-state index contributed by atoms with van der Waals surface area (Å²) in [6, 6.07) is 8.95. The second-order valence-electron chi connectivity index (χ2n) is 5.11. The monoisotopic (exact) mass is 358 g/mol. The van der Waals surface area contributed by atoms with Crippen LogP contribution in [0.5, 0.6) is 5.75 Å². The van der Waals surface area contributed by atoms with Crippen LogP contribution >= 0.6 is 11.8 Å². The van der Waals surface area contributed by atoms with Gasteiger partial charge in [-0.15, -0.1) is 0 Å². The summed E-state index contributed by atoms with van der Waals surface area (Å²) in [5.41, 5.74) is 0.510. The van der Waals surface area contributed by atoms with Crippen LogP contribution in [0.2, 0.25) is 0 Å². The van der Waals surface area contributed by atoms with Crippen LogP contribution in [0.25, 0.3) is 0 Å². The van der Waals surface area contributed by atoms with Crippen molar-refractivity contribution in [2.24, 2.45) is 0 Å². The van der Waals surface area contributed by atoms with Crippen LogP contribution in [0, 0.1) is 11.3 Å². The van der Waals surface area contributed by atoms with E-state index in [1.54, 1.807) is 25.1 Å². The Morgan fingerprint density at radius 2 is 2.20 bits per heavy atom. The van der Waals surface area contributed by atoms with Crippen LogP contribution in [0.1, 0.15) is 25.1 Å². The molecule has 8 heteroatoms. The molecule has 2 rings (SSSR count). The van der Waals surface area contributed by atoms with Gasteiger partial charge >= 0.3 is 0 Å². The highest BCUT2D eigenvalue weighted by molar-refractivity contribution is 8.00. The van der Waals surface area contributed by atoms with Gasteiger partial charge in [-0.2, -0.15) is 5.26 Å². The number of nitrogens with zero attached hydrogens (tertiary/aromatic N) is 2. The van der Waals surface area contributed by atoms with Gasteiger partial charge in [0.2, 0.25) is 5.91 Å². The number of carbonyl (C=O) groups excluding carboxylic acids is 1. The molecule has 0 unspecified atom stereocenters. The number of rotatable bonds is 6. The summed E-state index contributed by atoms with van der Waals surface area (Å²) in [6.45, 7) is 3.52. The topological polar surface area (TPSA) is 108 Å². The van der Waals surface area contributed by atoms with Crippen LogP contribution in [0.3, 0.4) is 0 Å². The largest absolute Gasteiger partial charge is 0.495 e. The molecule has 0 saturated heterocycles. The number of nitrogens with one attached hydrogen (secondary N) is 2. The van der Waals surface area contributed by atoms with Crippen LogP contribution in [0.15, 0.2) is 34.2 Å². The maximum absolute atomic E-state index is 12.4. The smallest absolute Gasteiger partial charge is 0.269 e. The molecule has 0 radical (unpaired) electrons. The first-order valence-corrected chi connectivity index (χ1v) is 8.51. The van der Waals surface area contributed by atoms with Crippen LogP contribution < -0.4 is 15.6 Å². The van der Waals surface area contributed by atoms with Crippen molar-refractivity contribution in [2.75, 3.05) is 12.4 Å². The first-order chi connectivity index (χ1) is 12.0. The summed E-state index contributed by atoms with van der Waals surface area (Å²) in [5, 5.41) is 11.6. The van der Waals surface area contributed by atoms with E-state index >= 15 is 0 Å². The zero-order valence-corrected chi connectivity index (χ0v) is 14.9. The lowest BCUT2D eigenvalue weighted by atomic mass is 10.2. The van der Waals surface area contributed by atoms with Crippen molar-refractivity contribution in [2.45, 2.75) is 30.7 Å². The highest BCUT2D eigenvalue weighted by Crippen LogP contribution is 2.25. The van der Waals surface area contributed by atoms with E-state index in [0.29, 0.717) is 28.7 Å². The number of thioether (sulfide) groups is 1. The molecule has 1 amide bonds. The van der Waals surface area contributed by atoms with Crippen molar-refractivity contribution >= 4 is 23.4 Å². The number of hydrogen-bond donors (Lipinski definition) is 2. The first-order valence-electron chi connectivity index (χ1n) is 7.64. The predicted molar refractivity (Wildman–Crippen MR) is 95.9 cm³/mol. The molecule has 1 heterocycles. The van der Waals surface area contributed by atoms with Gasteiger partial charge in [0, 0.05) is 0 Å². The molecular formula is C17H18N4O3S. The summed E-state index contributed by atoms with van der Waals surface area (Å²) in [7, 11) is 1.53. The number of hydrogen-bond acceptors (Lipinski definition) is 6. The number of carbonyl (C=O) groups is 1. The van der Waals surface area contributed by atoms with E-state index in [1.165, 1.54) is 7.11 Å². The number of aromatic amines is 1. The molecule has 2 aromatic rings. The number of anilines is 1. The van der Waals surface area contributed by atoms with Crippen molar-refractivity contribution < 1.29 is 9.53 Å². The Balaban J connectivity index is 2.15. The van der Waals surface area contributed by atoms with E-state index in [1.807, 2.05) is 19.1 Å². The highest BCUT2D eigenvalue weighted by Gasteiger charge is 2.19. The maximum Gasteiger partial charge on any atom is 0.269 e. The van der Waals surface area contributed by atoms with Crippen molar-refractivity contribution in [3.05, 3.63) is 45.9 Å². The zero-order chi connectivity index (χ0) is 18.4. The molecule has 0 saturated carbocycles. The number of benzene rings is 1. The lowest BCUT2D eigenvalue weighted by Crippen LogP contribution is -2.24. The van der Waals surface area contributed by atoms with E-state index in [2.05, 4.69) is 15.3 Å². The molecule has 1 atom stereocenters. The van der Waals surface area contributed by atoms with E-state index in [9.17, 15) is 9.59 Å². The Hall–Kier alpha value is -2.79. The number of aromatic nitrogens is 2. The number of aryl methyl sites for hydroxylation is 1. The fourth-order valence-corrected chi connectivity index (χ4v) is 2.94. The molecule has 2 N–H and O–H groups in total. The predicted octanol–water partition coefficient (Wildman–Crippen LogP) is 2.33. The van der Waals surface area contributed by atoms with Crippen LogP contribution in [-0.2, 0) is 11.2 Å². The van der Waals surface area contributed by atoms with Gasteiger partial charge in [0.05, 0.1) is 23.7 Å². The summed E-state index contributed by atoms with van der Waals surface area (Å²) in [6.07, 6.45) is 0.460. The Kier molecular flexibility index (Phi) is 6.19. The minimum absolute atomic E-state index is 0.0120. The Morgan fingerprint density at radius 1 is 1.48 bits per heavy atom. The molecule has 25 heavy (non-hydrogen) atoms. The van der Waals surface area contributed by atoms with Crippen molar-refractivity contribution in [3.63, 3.8) is 0 Å². The molecule has 130 valence electrons. The fraction of sp³-hybridized carbons (Fsp3) is 0.294. The number of ether oxygens (including phenoxy) is 1. The lowest BCUT2D eigenvalue weighted by molar-refractivity contribution is -0.115. The van der Waals surface area contributed by atoms with Gasteiger partial charge in [-0.25, -0.2) is 4.98 Å². The van der Waals surface area contributed by atoms with Gasteiger partial charge in [0.15, 0.2) is 5.16 Å². The molecule has 0 aliphatic carbocycles. The first kappa shape index (κ1) is 18.5. The van der Waals surface area contributed by atoms with Gasteiger partial charge in [0.1, 0.15) is 17.4 Å². The number of nitriles is 1. The third-order valence-corrected chi connectivity index (χ3v) is 4.43. The SMILES string of the molecule is CCc1nc(S[C@@H](C)C(=O)Nc2ccccc2OC)[nH]c(=O)c1C#N. The van der Waals surface area contributed by atoms with Gasteiger partial charge in [-0.1, -0.05) is 30.8 Å². The van der Waals surface area contributed by atoms with Crippen LogP contribution in [-0.4, -0.2) is 28.2 Å². The van der Waals surface area contributed by atoms with Crippen molar-refractivity contribution in [1.82, 2.24) is 9.97 Å². The quantitative estimate of drug-likeness (QED) is 0.606. The van der Waals surface area contributed by atoms with Gasteiger partial charge < -0.3 is 15.0 Å².